The van der Waals surface area contributed by atoms with Crippen molar-refractivity contribution in [3.05, 3.63) is 34.6 Å². The van der Waals surface area contributed by atoms with Crippen LogP contribution in [0.1, 0.15) is 12.8 Å². The Morgan fingerprint density at radius 2 is 2.26 bits per heavy atom. The first-order chi connectivity index (χ1) is 9.02. The maximum Gasteiger partial charge on any atom is 0.241 e. The number of aromatic nitrogens is 2. The van der Waals surface area contributed by atoms with Gasteiger partial charge >= 0.3 is 0 Å². The van der Waals surface area contributed by atoms with Crippen LogP contribution in [0.4, 0.5) is 0 Å². The zero-order valence-corrected chi connectivity index (χ0v) is 12.1. The Balaban J connectivity index is 1.70. The van der Waals surface area contributed by atoms with E-state index in [1.54, 1.807) is 0 Å². The maximum atomic E-state index is 9.66. The Morgan fingerprint density at radius 1 is 1.47 bits per heavy atom. The van der Waals surface area contributed by atoms with Crippen molar-refractivity contribution in [3.63, 3.8) is 0 Å². The molecule has 2 aromatic rings. The summed E-state index contributed by atoms with van der Waals surface area (Å²) in [6, 6.07) is 7.77. The van der Waals surface area contributed by atoms with Gasteiger partial charge < -0.3 is 9.63 Å². The SMILES string of the molecule is CC1(O)CN(Cc2nc(-c3cccc(Br)c3)no2)C1. The summed E-state index contributed by atoms with van der Waals surface area (Å²) in [4.78, 5) is 6.44. The van der Waals surface area contributed by atoms with Crippen LogP contribution < -0.4 is 0 Å². The summed E-state index contributed by atoms with van der Waals surface area (Å²) in [7, 11) is 0. The van der Waals surface area contributed by atoms with E-state index in [9.17, 15) is 5.11 Å². The number of nitrogens with zero attached hydrogens (tertiary/aromatic N) is 3. The lowest BCUT2D eigenvalue weighted by Gasteiger charge is -2.43. The number of benzene rings is 1. The molecule has 2 heterocycles. The highest BCUT2D eigenvalue weighted by molar-refractivity contribution is 9.10. The van der Waals surface area contributed by atoms with Gasteiger partial charge in [-0.1, -0.05) is 33.2 Å². The van der Waals surface area contributed by atoms with Gasteiger partial charge in [0.1, 0.15) is 0 Å². The summed E-state index contributed by atoms with van der Waals surface area (Å²) < 4.78 is 6.22. The van der Waals surface area contributed by atoms with Crippen LogP contribution in [-0.4, -0.2) is 38.8 Å². The quantitative estimate of drug-likeness (QED) is 0.936. The Bertz CT molecular complexity index is 589. The highest BCUT2D eigenvalue weighted by atomic mass is 79.9. The fourth-order valence-corrected chi connectivity index (χ4v) is 2.68. The Kier molecular flexibility index (Phi) is 3.16. The van der Waals surface area contributed by atoms with Crippen LogP contribution in [0, 0.1) is 0 Å². The molecule has 1 aromatic carbocycles. The van der Waals surface area contributed by atoms with Gasteiger partial charge in [0.25, 0.3) is 0 Å². The normalized spacial score (nSPS) is 18.3. The van der Waals surface area contributed by atoms with E-state index in [0.29, 0.717) is 31.3 Å². The largest absolute Gasteiger partial charge is 0.388 e. The highest BCUT2D eigenvalue weighted by Crippen LogP contribution is 2.23. The van der Waals surface area contributed by atoms with Gasteiger partial charge in [-0.05, 0) is 19.1 Å². The van der Waals surface area contributed by atoms with E-state index in [1.165, 1.54) is 0 Å². The number of rotatable bonds is 3. The van der Waals surface area contributed by atoms with Crippen LogP contribution in [0.3, 0.4) is 0 Å². The molecule has 5 nitrogen and oxygen atoms in total. The van der Waals surface area contributed by atoms with Crippen molar-refractivity contribution in [2.24, 2.45) is 0 Å². The molecule has 100 valence electrons. The minimum Gasteiger partial charge on any atom is -0.388 e. The molecular weight excluding hydrogens is 310 g/mol. The van der Waals surface area contributed by atoms with E-state index in [4.69, 9.17) is 4.52 Å². The molecular formula is C13H14BrN3O2. The smallest absolute Gasteiger partial charge is 0.241 e. The molecule has 0 unspecified atom stereocenters. The molecule has 1 aromatic heterocycles. The second-order valence-electron chi connectivity index (χ2n) is 5.16. The van der Waals surface area contributed by atoms with Gasteiger partial charge in [0.15, 0.2) is 0 Å². The minimum atomic E-state index is -0.576. The molecule has 6 heteroatoms. The molecule has 0 spiro atoms. The molecule has 0 amide bonds. The number of β-amino-alcohol motifs (C(OH)–C–C–N with tert-alkyl or cyclic N) is 1. The van der Waals surface area contributed by atoms with Crippen molar-refractivity contribution in [2.75, 3.05) is 13.1 Å². The van der Waals surface area contributed by atoms with E-state index in [2.05, 4.69) is 31.0 Å². The molecule has 0 bridgehead atoms. The zero-order chi connectivity index (χ0) is 13.5. The van der Waals surface area contributed by atoms with Crippen molar-refractivity contribution in [1.29, 1.82) is 0 Å². The lowest BCUT2D eigenvalue weighted by atomic mass is 9.97. The molecule has 0 saturated carbocycles. The summed E-state index contributed by atoms with van der Waals surface area (Å²) in [5.74, 6) is 1.16. The van der Waals surface area contributed by atoms with Gasteiger partial charge in [-0.25, -0.2) is 0 Å². The maximum absolute atomic E-state index is 9.66. The summed E-state index contributed by atoms with van der Waals surface area (Å²) in [6.45, 7) is 3.69. The van der Waals surface area contributed by atoms with E-state index >= 15 is 0 Å². The van der Waals surface area contributed by atoms with Crippen molar-refractivity contribution in [1.82, 2.24) is 15.0 Å². The van der Waals surface area contributed by atoms with Gasteiger partial charge in [0.05, 0.1) is 12.1 Å². The standard InChI is InChI=1S/C13H14BrN3O2/c1-13(18)7-17(8-13)6-11-15-12(16-19-11)9-3-2-4-10(14)5-9/h2-5,18H,6-8H2,1H3. The number of halogens is 1. The summed E-state index contributed by atoms with van der Waals surface area (Å²) in [5, 5.41) is 13.6. The van der Waals surface area contributed by atoms with Crippen molar-refractivity contribution in [3.8, 4) is 11.4 Å². The first-order valence-electron chi connectivity index (χ1n) is 6.05. The third kappa shape index (κ3) is 2.86. The van der Waals surface area contributed by atoms with Crippen LogP contribution in [0.2, 0.25) is 0 Å². The number of likely N-dealkylation sites (tertiary alicyclic amines) is 1. The van der Waals surface area contributed by atoms with Gasteiger partial charge in [0.2, 0.25) is 11.7 Å². The fraction of sp³-hybridized carbons (Fsp3) is 0.385. The minimum absolute atomic E-state index is 0.575. The summed E-state index contributed by atoms with van der Waals surface area (Å²) in [6.07, 6.45) is 0. The van der Waals surface area contributed by atoms with Crippen LogP contribution in [0.15, 0.2) is 33.3 Å². The first-order valence-corrected chi connectivity index (χ1v) is 6.84. The molecule has 3 rings (SSSR count). The molecule has 1 fully saturated rings. The molecule has 19 heavy (non-hydrogen) atoms. The fourth-order valence-electron chi connectivity index (χ4n) is 2.28. The second kappa shape index (κ2) is 4.70. The first kappa shape index (κ1) is 12.8. The number of aliphatic hydroxyl groups is 1. The third-order valence-corrected chi connectivity index (χ3v) is 3.53. The molecule has 0 radical (unpaired) electrons. The third-order valence-electron chi connectivity index (χ3n) is 3.04. The lowest BCUT2D eigenvalue weighted by Crippen LogP contribution is -2.59. The highest BCUT2D eigenvalue weighted by Gasteiger charge is 2.37. The monoisotopic (exact) mass is 323 g/mol. The van der Waals surface area contributed by atoms with Crippen LogP contribution in [0.25, 0.3) is 11.4 Å². The summed E-state index contributed by atoms with van der Waals surface area (Å²) in [5.41, 5.74) is 0.340. The number of hydrogen-bond acceptors (Lipinski definition) is 5. The molecule has 1 aliphatic heterocycles. The molecule has 0 atom stereocenters. The van der Waals surface area contributed by atoms with Gasteiger partial charge in [0, 0.05) is 23.1 Å². The average Bonchev–Trinajstić information content (AvgIpc) is 2.75. The predicted octanol–water partition coefficient (Wildman–Crippen LogP) is 2.07. The molecule has 1 N–H and O–H groups in total. The molecule has 1 saturated heterocycles. The van der Waals surface area contributed by atoms with Crippen molar-refractivity contribution < 1.29 is 9.63 Å². The van der Waals surface area contributed by atoms with E-state index in [-0.39, 0.29) is 0 Å². The average molecular weight is 324 g/mol. The topological polar surface area (TPSA) is 62.4 Å². The van der Waals surface area contributed by atoms with E-state index in [1.807, 2.05) is 31.2 Å². The van der Waals surface area contributed by atoms with Crippen LogP contribution in [-0.2, 0) is 6.54 Å². The zero-order valence-electron chi connectivity index (χ0n) is 10.5. The van der Waals surface area contributed by atoms with Gasteiger partial charge in [-0.3, -0.25) is 4.90 Å². The molecule has 0 aliphatic carbocycles. The van der Waals surface area contributed by atoms with E-state index in [0.717, 1.165) is 10.0 Å². The Hall–Kier alpha value is -1.24. The Labute approximate surface area is 119 Å². The lowest BCUT2D eigenvalue weighted by molar-refractivity contribution is -0.0901. The van der Waals surface area contributed by atoms with E-state index < -0.39 is 5.60 Å². The van der Waals surface area contributed by atoms with Gasteiger partial charge in [-0.2, -0.15) is 4.98 Å². The van der Waals surface area contributed by atoms with Crippen molar-refractivity contribution >= 4 is 15.9 Å². The Morgan fingerprint density at radius 3 is 2.95 bits per heavy atom. The van der Waals surface area contributed by atoms with Crippen molar-refractivity contribution in [2.45, 2.75) is 19.1 Å². The van der Waals surface area contributed by atoms with Crippen LogP contribution in [0.5, 0.6) is 0 Å². The van der Waals surface area contributed by atoms with Gasteiger partial charge in [-0.15, -0.1) is 0 Å². The predicted molar refractivity (Wildman–Crippen MR) is 73.3 cm³/mol. The summed E-state index contributed by atoms with van der Waals surface area (Å²) >= 11 is 3.42. The van der Waals surface area contributed by atoms with Crippen LogP contribution >= 0.6 is 15.9 Å². The number of hydrogen-bond donors (Lipinski definition) is 1. The molecule has 1 aliphatic rings. The second-order valence-corrected chi connectivity index (χ2v) is 6.08.